The molecular formula is C7H13NO. The lowest BCUT2D eigenvalue weighted by Crippen LogP contribution is -2.56. The zero-order valence-corrected chi connectivity index (χ0v) is 5.84. The third-order valence-corrected chi connectivity index (χ3v) is 2.42. The topological polar surface area (TPSA) is 12.5 Å². The highest BCUT2D eigenvalue weighted by atomic mass is 16.5. The third-order valence-electron chi connectivity index (χ3n) is 2.42. The highest BCUT2D eigenvalue weighted by molar-refractivity contribution is 4.89. The van der Waals surface area contributed by atoms with E-state index in [1.54, 1.807) is 0 Å². The van der Waals surface area contributed by atoms with Gasteiger partial charge in [0.15, 0.2) is 0 Å². The Labute approximate surface area is 55.8 Å². The molecule has 1 atom stereocenters. The predicted octanol–water partition coefficient (Wildman–Crippen LogP) is 0.337. The maximum Gasteiger partial charge on any atom is 0.0701 e. The molecule has 0 aromatic carbocycles. The van der Waals surface area contributed by atoms with E-state index >= 15 is 0 Å². The maximum atomic E-state index is 5.25. The van der Waals surface area contributed by atoms with E-state index in [0.29, 0.717) is 6.10 Å². The summed E-state index contributed by atoms with van der Waals surface area (Å²) in [7, 11) is 1.82. The number of ether oxygens (including phenoxy) is 1. The third kappa shape index (κ3) is 0.864. The second-order valence-corrected chi connectivity index (χ2v) is 3.18. The lowest BCUT2D eigenvalue weighted by molar-refractivity contribution is -0.0569. The van der Waals surface area contributed by atoms with Crippen LogP contribution < -0.4 is 0 Å². The van der Waals surface area contributed by atoms with Gasteiger partial charge in [-0.3, -0.25) is 0 Å². The number of hydrogen-bond donors (Lipinski definition) is 0. The van der Waals surface area contributed by atoms with Gasteiger partial charge in [-0.25, -0.2) is 0 Å². The normalized spacial score (nSPS) is 48.3. The van der Waals surface area contributed by atoms with Gasteiger partial charge in [-0.1, -0.05) is 0 Å². The zero-order chi connectivity index (χ0) is 6.27. The van der Waals surface area contributed by atoms with Gasteiger partial charge in [0.05, 0.1) is 6.10 Å². The molecule has 52 valence electrons. The molecule has 1 unspecified atom stereocenters. The van der Waals surface area contributed by atoms with Crippen molar-refractivity contribution in [3.05, 3.63) is 0 Å². The smallest absolute Gasteiger partial charge is 0.0701 e. The van der Waals surface area contributed by atoms with Crippen LogP contribution in [0.5, 0.6) is 0 Å². The lowest BCUT2D eigenvalue weighted by atomic mass is 9.87. The molecule has 3 aliphatic heterocycles. The molecule has 0 N–H and O–H groups in total. The fraction of sp³-hybridized carbons (Fsp3) is 1.00. The first-order chi connectivity index (χ1) is 4.38. The summed E-state index contributed by atoms with van der Waals surface area (Å²) in [5.41, 5.74) is 0. The van der Waals surface area contributed by atoms with E-state index in [1.807, 2.05) is 7.11 Å². The Morgan fingerprint density at radius 2 is 2.11 bits per heavy atom. The van der Waals surface area contributed by atoms with Gasteiger partial charge in [-0.05, 0) is 12.3 Å². The van der Waals surface area contributed by atoms with Gasteiger partial charge < -0.3 is 9.64 Å². The van der Waals surface area contributed by atoms with Gasteiger partial charge in [-0.2, -0.15) is 0 Å². The highest BCUT2D eigenvalue weighted by Crippen LogP contribution is 2.28. The molecule has 3 saturated heterocycles. The van der Waals surface area contributed by atoms with E-state index in [4.69, 9.17) is 4.74 Å². The van der Waals surface area contributed by atoms with Gasteiger partial charge in [0.1, 0.15) is 0 Å². The molecule has 0 aromatic heterocycles. The minimum atomic E-state index is 0.539. The van der Waals surface area contributed by atoms with Gasteiger partial charge in [-0.15, -0.1) is 0 Å². The number of rotatable bonds is 1. The molecule has 3 aliphatic rings. The number of nitrogens with zero attached hydrogens (tertiary/aromatic N) is 1. The number of hydrogen-bond acceptors (Lipinski definition) is 2. The Hall–Kier alpha value is -0.0800. The monoisotopic (exact) mass is 127 g/mol. The van der Waals surface area contributed by atoms with Crippen LogP contribution in [0.4, 0.5) is 0 Å². The zero-order valence-electron chi connectivity index (χ0n) is 5.84. The van der Waals surface area contributed by atoms with Gasteiger partial charge in [0.2, 0.25) is 0 Å². The van der Waals surface area contributed by atoms with Crippen molar-refractivity contribution in [3.63, 3.8) is 0 Å². The van der Waals surface area contributed by atoms with Crippen molar-refractivity contribution < 1.29 is 4.74 Å². The van der Waals surface area contributed by atoms with Gasteiger partial charge >= 0.3 is 0 Å². The molecule has 0 radical (unpaired) electrons. The molecule has 2 nitrogen and oxygen atoms in total. The summed E-state index contributed by atoms with van der Waals surface area (Å²) in [6, 6.07) is 0. The number of fused-ring (bicyclic) bond motifs is 2. The minimum absolute atomic E-state index is 0.539. The molecule has 3 rings (SSSR count). The number of piperidine rings is 2. The molecule has 2 bridgehead atoms. The molecule has 0 spiro atoms. The van der Waals surface area contributed by atoms with Crippen molar-refractivity contribution in [1.29, 1.82) is 0 Å². The van der Waals surface area contributed by atoms with Crippen molar-refractivity contribution >= 4 is 0 Å². The summed E-state index contributed by atoms with van der Waals surface area (Å²) in [6.45, 7) is 3.84. The Morgan fingerprint density at radius 1 is 1.33 bits per heavy atom. The SMILES string of the molecule is COC1CC2CN(C2)C1. The molecule has 0 amide bonds. The summed E-state index contributed by atoms with van der Waals surface area (Å²) >= 11 is 0. The van der Waals surface area contributed by atoms with Crippen molar-refractivity contribution in [2.45, 2.75) is 12.5 Å². The molecular weight excluding hydrogens is 114 g/mol. The highest BCUT2D eigenvalue weighted by Gasteiger charge is 2.35. The van der Waals surface area contributed by atoms with Gasteiger partial charge in [0, 0.05) is 26.7 Å². The average molecular weight is 127 g/mol. The minimum Gasteiger partial charge on any atom is -0.380 e. The van der Waals surface area contributed by atoms with Crippen LogP contribution in [-0.4, -0.2) is 37.7 Å². The Kier molecular flexibility index (Phi) is 1.24. The Bertz CT molecular complexity index is 99.5. The first kappa shape index (κ1) is 5.69. The summed E-state index contributed by atoms with van der Waals surface area (Å²) in [4.78, 5) is 2.46. The predicted molar refractivity (Wildman–Crippen MR) is 35.3 cm³/mol. The van der Waals surface area contributed by atoms with E-state index in [9.17, 15) is 0 Å². The standard InChI is InChI=1S/C7H13NO/c1-9-7-2-6-3-8(4-6)5-7/h6-7H,2-5H2,1H3. The van der Waals surface area contributed by atoms with E-state index in [-0.39, 0.29) is 0 Å². The fourth-order valence-electron chi connectivity index (χ4n) is 1.88. The number of methoxy groups -OCH3 is 1. The van der Waals surface area contributed by atoms with Crippen molar-refractivity contribution in [1.82, 2.24) is 4.90 Å². The van der Waals surface area contributed by atoms with E-state index < -0.39 is 0 Å². The summed E-state index contributed by atoms with van der Waals surface area (Å²) < 4.78 is 5.25. The van der Waals surface area contributed by atoms with E-state index in [2.05, 4.69) is 4.90 Å². The van der Waals surface area contributed by atoms with Gasteiger partial charge in [0.25, 0.3) is 0 Å². The second kappa shape index (κ2) is 1.96. The van der Waals surface area contributed by atoms with Crippen molar-refractivity contribution in [3.8, 4) is 0 Å². The molecule has 3 heterocycles. The molecule has 2 heteroatoms. The molecule has 9 heavy (non-hydrogen) atoms. The largest absolute Gasteiger partial charge is 0.380 e. The maximum absolute atomic E-state index is 5.25. The Morgan fingerprint density at radius 3 is 2.44 bits per heavy atom. The van der Waals surface area contributed by atoms with Crippen LogP contribution in [0, 0.1) is 5.92 Å². The fourth-order valence-corrected chi connectivity index (χ4v) is 1.88. The summed E-state index contributed by atoms with van der Waals surface area (Å²) in [6.07, 6.45) is 1.84. The first-order valence-corrected chi connectivity index (χ1v) is 3.63. The molecule has 0 aliphatic carbocycles. The second-order valence-electron chi connectivity index (χ2n) is 3.18. The molecule has 0 saturated carbocycles. The molecule has 0 aromatic rings. The van der Waals surface area contributed by atoms with Crippen molar-refractivity contribution in [2.75, 3.05) is 26.7 Å². The van der Waals surface area contributed by atoms with Crippen LogP contribution in [0.1, 0.15) is 6.42 Å². The van der Waals surface area contributed by atoms with Crippen LogP contribution in [0.3, 0.4) is 0 Å². The van der Waals surface area contributed by atoms with Crippen molar-refractivity contribution in [2.24, 2.45) is 5.92 Å². The quantitative estimate of drug-likeness (QED) is 0.503. The summed E-state index contributed by atoms with van der Waals surface area (Å²) in [5, 5.41) is 0. The summed E-state index contributed by atoms with van der Waals surface area (Å²) in [5.74, 6) is 0.962. The average Bonchev–Trinajstić information content (AvgIpc) is 1.87. The molecule has 3 fully saturated rings. The van der Waals surface area contributed by atoms with E-state index in [0.717, 1.165) is 5.92 Å². The van der Waals surface area contributed by atoms with Crippen LogP contribution in [-0.2, 0) is 4.74 Å². The lowest BCUT2D eigenvalue weighted by Gasteiger charge is -2.47. The van der Waals surface area contributed by atoms with Crippen LogP contribution in [0.2, 0.25) is 0 Å². The van der Waals surface area contributed by atoms with Crippen LogP contribution in [0.15, 0.2) is 0 Å². The Balaban J connectivity index is 1.89. The van der Waals surface area contributed by atoms with Crippen LogP contribution >= 0.6 is 0 Å². The van der Waals surface area contributed by atoms with Crippen LogP contribution in [0.25, 0.3) is 0 Å². The first-order valence-electron chi connectivity index (χ1n) is 3.63. The van der Waals surface area contributed by atoms with E-state index in [1.165, 1.54) is 26.1 Å².